The van der Waals surface area contributed by atoms with Gasteiger partial charge in [-0.15, -0.1) is 0 Å². The van der Waals surface area contributed by atoms with E-state index in [1.165, 1.54) is 0 Å². The molecule has 0 saturated carbocycles. The van der Waals surface area contributed by atoms with Gasteiger partial charge in [0.15, 0.2) is 11.2 Å². The zero-order valence-electron chi connectivity index (χ0n) is 11.1. The molecule has 6 heteroatoms. The second-order valence-corrected chi connectivity index (χ2v) is 5.17. The molecule has 6 nitrogen and oxygen atoms in total. The molecular formula is C13H18N2O4. The van der Waals surface area contributed by atoms with Crippen molar-refractivity contribution in [1.82, 2.24) is 9.78 Å². The number of ether oxygens (including phenoxy) is 1. The Morgan fingerprint density at radius 3 is 2.89 bits per heavy atom. The standard InChI is InChI=1S/C13H18N2O4/c1-9(2)15-5-3-10(14-15)7-13(12(17)18)8-19-6-4-11(13)16/h3,5,9H,4,6-8H2,1-2H3,(H,17,18). The lowest BCUT2D eigenvalue weighted by Crippen LogP contribution is -2.48. The molecule has 1 atom stereocenters. The molecule has 1 fully saturated rings. The largest absolute Gasteiger partial charge is 0.480 e. The van der Waals surface area contributed by atoms with E-state index < -0.39 is 11.4 Å². The normalized spacial score (nSPS) is 23.8. The molecule has 1 aromatic heterocycles. The molecule has 19 heavy (non-hydrogen) atoms. The molecule has 0 aromatic carbocycles. The number of aromatic nitrogens is 2. The van der Waals surface area contributed by atoms with Crippen molar-refractivity contribution in [3.8, 4) is 0 Å². The zero-order valence-corrected chi connectivity index (χ0v) is 11.1. The smallest absolute Gasteiger partial charge is 0.319 e. The number of hydrogen-bond acceptors (Lipinski definition) is 4. The van der Waals surface area contributed by atoms with Gasteiger partial charge in [0.2, 0.25) is 0 Å². The molecule has 0 bridgehead atoms. The van der Waals surface area contributed by atoms with Crippen molar-refractivity contribution in [3.05, 3.63) is 18.0 Å². The summed E-state index contributed by atoms with van der Waals surface area (Å²) in [5.41, 5.74) is -0.871. The van der Waals surface area contributed by atoms with Crippen molar-refractivity contribution in [2.75, 3.05) is 13.2 Å². The number of nitrogens with zero attached hydrogens (tertiary/aromatic N) is 2. The molecule has 0 spiro atoms. The topological polar surface area (TPSA) is 81.4 Å². The van der Waals surface area contributed by atoms with Gasteiger partial charge in [-0.3, -0.25) is 14.3 Å². The van der Waals surface area contributed by atoms with Crippen LogP contribution in [0.4, 0.5) is 0 Å². The summed E-state index contributed by atoms with van der Waals surface area (Å²) >= 11 is 0. The highest BCUT2D eigenvalue weighted by Gasteiger charge is 2.48. The van der Waals surface area contributed by atoms with E-state index in [2.05, 4.69) is 5.10 Å². The van der Waals surface area contributed by atoms with Crippen molar-refractivity contribution >= 4 is 11.8 Å². The van der Waals surface area contributed by atoms with Gasteiger partial charge in [0, 0.05) is 25.1 Å². The second kappa shape index (κ2) is 5.13. The Hall–Kier alpha value is -1.69. The summed E-state index contributed by atoms with van der Waals surface area (Å²) in [6, 6.07) is 1.96. The first-order chi connectivity index (χ1) is 8.95. The predicted octanol–water partition coefficient (Wildman–Crippen LogP) is 1.07. The number of hydrogen-bond donors (Lipinski definition) is 1. The van der Waals surface area contributed by atoms with Crippen molar-refractivity contribution < 1.29 is 19.4 Å². The first-order valence-electron chi connectivity index (χ1n) is 6.34. The average molecular weight is 266 g/mol. The second-order valence-electron chi connectivity index (χ2n) is 5.17. The molecule has 0 aliphatic carbocycles. The van der Waals surface area contributed by atoms with E-state index >= 15 is 0 Å². The van der Waals surface area contributed by atoms with Crippen LogP contribution < -0.4 is 0 Å². The molecule has 0 amide bonds. The highest BCUT2D eigenvalue weighted by Crippen LogP contribution is 2.29. The van der Waals surface area contributed by atoms with E-state index in [0.717, 1.165) is 0 Å². The SMILES string of the molecule is CC(C)n1ccc(CC2(C(=O)O)COCCC2=O)n1. The summed E-state index contributed by atoms with van der Waals surface area (Å²) in [5.74, 6) is -1.40. The van der Waals surface area contributed by atoms with Crippen LogP contribution in [0.3, 0.4) is 0 Å². The minimum atomic E-state index is -1.48. The van der Waals surface area contributed by atoms with Gasteiger partial charge in [0.1, 0.15) is 0 Å². The summed E-state index contributed by atoms with van der Waals surface area (Å²) in [5, 5.41) is 13.7. The van der Waals surface area contributed by atoms with Crippen LogP contribution in [0, 0.1) is 5.41 Å². The van der Waals surface area contributed by atoms with Crippen LogP contribution in [0.25, 0.3) is 0 Å². The van der Waals surface area contributed by atoms with Gasteiger partial charge in [0.05, 0.1) is 18.9 Å². The molecule has 1 unspecified atom stereocenters. The Balaban J connectivity index is 2.25. The van der Waals surface area contributed by atoms with Gasteiger partial charge in [-0.25, -0.2) is 0 Å². The molecule has 2 rings (SSSR count). The molecular weight excluding hydrogens is 248 g/mol. The van der Waals surface area contributed by atoms with E-state index in [-0.39, 0.29) is 31.3 Å². The molecule has 1 aliphatic heterocycles. The Kier molecular flexibility index (Phi) is 3.71. The van der Waals surface area contributed by atoms with Gasteiger partial charge in [-0.05, 0) is 19.9 Å². The van der Waals surface area contributed by atoms with E-state index in [1.807, 2.05) is 13.8 Å². The third kappa shape index (κ3) is 2.53. The lowest BCUT2D eigenvalue weighted by molar-refractivity contribution is -0.164. The number of carboxylic acid groups (broad SMARTS) is 1. The minimum absolute atomic E-state index is 0.0737. The molecule has 0 radical (unpaired) electrons. The maximum atomic E-state index is 12.0. The predicted molar refractivity (Wildman–Crippen MR) is 66.8 cm³/mol. The van der Waals surface area contributed by atoms with Crippen LogP contribution in [0.15, 0.2) is 12.3 Å². The van der Waals surface area contributed by atoms with Crippen molar-refractivity contribution in [2.45, 2.75) is 32.7 Å². The Bertz CT molecular complexity index is 495. The Morgan fingerprint density at radius 1 is 1.63 bits per heavy atom. The Morgan fingerprint density at radius 2 is 2.37 bits per heavy atom. The molecule has 1 saturated heterocycles. The number of carbonyl (C=O) groups excluding carboxylic acids is 1. The lowest BCUT2D eigenvalue weighted by Gasteiger charge is -2.30. The van der Waals surface area contributed by atoms with Crippen LogP contribution in [0.1, 0.15) is 32.0 Å². The summed E-state index contributed by atoms with van der Waals surface area (Å²) in [4.78, 5) is 23.5. The van der Waals surface area contributed by atoms with E-state index in [1.54, 1.807) is 16.9 Å². The minimum Gasteiger partial charge on any atom is -0.480 e. The van der Waals surface area contributed by atoms with Crippen LogP contribution in [0.2, 0.25) is 0 Å². The summed E-state index contributed by atoms with van der Waals surface area (Å²) in [6.45, 7) is 4.20. The summed E-state index contributed by atoms with van der Waals surface area (Å²) < 4.78 is 6.96. The number of carbonyl (C=O) groups is 2. The highest BCUT2D eigenvalue weighted by atomic mass is 16.5. The van der Waals surface area contributed by atoms with Gasteiger partial charge < -0.3 is 9.84 Å². The van der Waals surface area contributed by atoms with E-state index in [9.17, 15) is 14.7 Å². The van der Waals surface area contributed by atoms with Gasteiger partial charge in [-0.1, -0.05) is 0 Å². The average Bonchev–Trinajstić information content (AvgIpc) is 2.80. The fourth-order valence-electron chi connectivity index (χ4n) is 2.21. The maximum absolute atomic E-state index is 12.0. The monoisotopic (exact) mass is 266 g/mol. The van der Waals surface area contributed by atoms with Crippen molar-refractivity contribution in [2.24, 2.45) is 5.41 Å². The van der Waals surface area contributed by atoms with Crippen molar-refractivity contribution in [3.63, 3.8) is 0 Å². The first kappa shape index (κ1) is 13.7. The molecule has 1 aromatic rings. The third-order valence-corrected chi connectivity index (χ3v) is 3.44. The van der Waals surface area contributed by atoms with Crippen LogP contribution in [-0.4, -0.2) is 39.9 Å². The quantitative estimate of drug-likeness (QED) is 0.824. The first-order valence-corrected chi connectivity index (χ1v) is 6.34. The van der Waals surface area contributed by atoms with E-state index in [0.29, 0.717) is 12.3 Å². The number of carboxylic acids is 1. The fraction of sp³-hybridized carbons (Fsp3) is 0.615. The summed E-state index contributed by atoms with van der Waals surface area (Å²) in [6.07, 6.45) is 2.03. The zero-order chi connectivity index (χ0) is 14.0. The fourth-order valence-corrected chi connectivity index (χ4v) is 2.21. The number of aliphatic carboxylic acids is 1. The van der Waals surface area contributed by atoms with E-state index in [4.69, 9.17) is 4.74 Å². The maximum Gasteiger partial charge on any atom is 0.319 e. The number of Topliss-reactive ketones (excluding diaryl/α,β-unsaturated/α-hetero) is 1. The van der Waals surface area contributed by atoms with Crippen LogP contribution in [-0.2, 0) is 20.7 Å². The van der Waals surface area contributed by atoms with Gasteiger partial charge in [0.25, 0.3) is 0 Å². The molecule has 2 heterocycles. The van der Waals surface area contributed by atoms with Crippen molar-refractivity contribution in [1.29, 1.82) is 0 Å². The van der Waals surface area contributed by atoms with Gasteiger partial charge in [-0.2, -0.15) is 5.10 Å². The molecule has 1 aliphatic rings. The highest BCUT2D eigenvalue weighted by molar-refractivity contribution is 6.04. The summed E-state index contributed by atoms with van der Waals surface area (Å²) in [7, 11) is 0. The molecule has 104 valence electrons. The van der Waals surface area contributed by atoms with Gasteiger partial charge >= 0.3 is 5.97 Å². The Labute approximate surface area is 111 Å². The number of rotatable bonds is 4. The van der Waals surface area contributed by atoms with Crippen LogP contribution >= 0.6 is 0 Å². The van der Waals surface area contributed by atoms with Crippen LogP contribution in [0.5, 0.6) is 0 Å². The lowest BCUT2D eigenvalue weighted by atomic mass is 9.77. The molecule has 1 N–H and O–H groups in total. The number of ketones is 1. The third-order valence-electron chi connectivity index (χ3n) is 3.44.